The van der Waals surface area contributed by atoms with Crippen LogP contribution in [0.4, 0.5) is 0 Å². The van der Waals surface area contributed by atoms with Crippen LogP contribution in [0.25, 0.3) is 0 Å². The zero-order valence-electron chi connectivity index (χ0n) is 11.0. The van der Waals surface area contributed by atoms with Gasteiger partial charge in [-0.1, -0.05) is 11.2 Å². The first-order valence-corrected chi connectivity index (χ1v) is 8.09. The van der Waals surface area contributed by atoms with E-state index in [2.05, 4.69) is 20.4 Å². The SMILES string of the molecule is O=C(Cc1cscn1)NCc1noc(Cc2cccs2)n1. The van der Waals surface area contributed by atoms with Gasteiger partial charge in [-0.15, -0.1) is 22.7 Å². The highest BCUT2D eigenvalue weighted by molar-refractivity contribution is 7.09. The van der Waals surface area contributed by atoms with E-state index in [-0.39, 0.29) is 18.9 Å². The molecule has 3 heterocycles. The van der Waals surface area contributed by atoms with Gasteiger partial charge in [-0.05, 0) is 11.4 Å². The second-order valence-corrected chi connectivity index (χ2v) is 6.04. The largest absolute Gasteiger partial charge is 0.348 e. The first-order valence-electron chi connectivity index (χ1n) is 6.27. The first-order chi connectivity index (χ1) is 10.3. The zero-order chi connectivity index (χ0) is 14.5. The lowest BCUT2D eigenvalue weighted by molar-refractivity contribution is -0.120. The summed E-state index contributed by atoms with van der Waals surface area (Å²) in [4.78, 5) is 21.2. The Morgan fingerprint density at radius 2 is 2.38 bits per heavy atom. The summed E-state index contributed by atoms with van der Waals surface area (Å²) < 4.78 is 5.16. The highest BCUT2D eigenvalue weighted by Gasteiger charge is 2.10. The summed E-state index contributed by atoms with van der Waals surface area (Å²) in [6.45, 7) is 0.261. The maximum Gasteiger partial charge on any atom is 0.231 e. The van der Waals surface area contributed by atoms with Gasteiger partial charge >= 0.3 is 0 Å². The van der Waals surface area contributed by atoms with Gasteiger partial charge < -0.3 is 9.84 Å². The summed E-state index contributed by atoms with van der Waals surface area (Å²) >= 11 is 3.12. The molecule has 0 unspecified atom stereocenters. The van der Waals surface area contributed by atoms with Gasteiger partial charge in [0.25, 0.3) is 0 Å². The van der Waals surface area contributed by atoms with Crippen molar-refractivity contribution in [3.05, 3.63) is 50.7 Å². The van der Waals surface area contributed by atoms with Crippen LogP contribution < -0.4 is 5.32 Å². The smallest absolute Gasteiger partial charge is 0.231 e. The van der Waals surface area contributed by atoms with Crippen LogP contribution >= 0.6 is 22.7 Å². The summed E-state index contributed by atoms with van der Waals surface area (Å²) in [5, 5.41) is 10.5. The van der Waals surface area contributed by atoms with Crippen LogP contribution in [-0.4, -0.2) is 21.0 Å². The van der Waals surface area contributed by atoms with Crippen molar-refractivity contribution >= 4 is 28.6 Å². The topological polar surface area (TPSA) is 80.9 Å². The zero-order valence-corrected chi connectivity index (χ0v) is 12.6. The first kappa shape index (κ1) is 13.9. The molecule has 0 spiro atoms. The van der Waals surface area contributed by atoms with Gasteiger partial charge in [0.15, 0.2) is 5.82 Å². The molecule has 0 saturated carbocycles. The molecule has 8 heteroatoms. The average molecular weight is 320 g/mol. The Hall–Kier alpha value is -2.06. The number of amides is 1. The Balaban J connectivity index is 1.49. The summed E-state index contributed by atoms with van der Waals surface area (Å²) in [5.74, 6) is 0.930. The van der Waals surface area contributed by atoms with Gasteiger partial charge in [0, 0.05) is 10.3 Å². The Morgan fingerprint density at radius 1 is 1.43 bits per heavy atom. The van der Waals surface area contributed by atoms with E-state index in [1.807, 2.05) is 22.9 Å². The lowest BCUT2D eigenvalue weighted by Crippen LogP contribution is -2.25. The second kappa shape index (κ2) is 6.59. The fourth-order valence-electron chi connectivity index (χ4n) is 1.73. The average Bonchev–Trinajstić information content (AvgIpc) is 3.19. The van der Waals surface area contributed by atoms with Crippen molar-refractivity contribution in [2.24, 2.45) is 0 Å². The number of nitrogens with zero attached hydrogens (tertiary/aromatic N) is 3. The number of carbonyl (C=O) groups excluding carboxylic acids is 1. The molecule has 1 amide bonds. The molecular weight excluding hydrogens is 308 g/mol. The van der Waals surface area contributed by atoms with Crippen molar-refractivity contribution in [1.82, 2.24) is 20.4 Å². The van der Waals surface area contributed by atoms with Crippen LogP contribution in [0, 0.1) is 0 Å². The summed E-state index contributed by atoms with van der Waals surface area (Å²) in [7, 11) is 0. The fourth-order valence-corrected chi connectivity index (χ4v) is 2.98. The molecule has 21 heavy (non-hydrogen) atoms. The number of carbonyl (C=O) groups is 1. The third-order valence-electron chi connectivity index (χ3n) is 2.68. The Kier molecular flexibility index (Phi) is 4.37. The molecule has 0 aromatic carbocycles. The Labute approximate surface area is 128 Å². The van der Waals surface area contributed by atoms with Crippen LogP contribution in [0.15, 0.2) is 32.9 Å². The number of aromatic nitrogens is 3. The highest BCUT2D eigenvalue weighted by Crippen LogP contribution is 2.13. The van der Waals surface area contributed by atoms with Crippen molar-refractivity contribution < 1.29 is 9.32 Å². The minimum absolute atomic E-state index is 0.106. The van der Waals surface area contributed by atoms with E-state index in [4.69, 9.17) is 4.52 Å². The number of nitrogens with one attached hydrogen (secondary N) is 1. The molecule has 0 aliphatic carbocycles. The quantitative estimate of drug-likeness (QED) is 0.751. The van der Waals surface area contributed by atoms with E-state index < -0.39 is 0 Å². The molecular formula is C13H12N4O2S2. The van der Waals surface area contributed by atoms with Crippen LogP contribution in [0.3, 0.4) is 0 Å². The summed E-state index contributed by atoms with van der Waals surface area (Å²) in [6.07, 6.45) is 0.890. The molecule has 0 bridgehead atoms. The predicted molar refractivity (Wildman–Crippen MR) is 79.1 cm³/mol. The molecule has 1 N–H and O–H groups in total. The third kappa shape index (κ3) is 3.96. The van der Waals surface area contributed by atoms with Gasteiger partial charge in [0.2, 0.25) is 11.8 Å². The van der Waals surface area contributed by atoms with Crippen LogP contribution in [0.5, 0.6) is 0 Å². The second-order valence-electron chi connectivity index (χ2n) is 4.29. The molecule has 0 aliphatic heterocycles. The lowest BCUT2D eigenvalue weighted by atomic mass is 10.3. The van der Waals surface area contributed by atoms with E-state index in [1.165, 1.54) is 11.3 Å². The molecule has 0 atom stereocenters. The van der Waals surface area contributed by atoms with Crippen molar-refractivity contribution in [2.45, 2.75) is 19.4 Å². The minimum Gasteiger partial charge on any atom is -0.348 e. The third-order valence-corrected chi connectivity index (χ3v) is 4.20. The maximum atomic E-state index is 11.7. The van der Waals surface area contributed by atoms with E-state index >= 15 is 0 Å². The number of thiazole rings is 1. The molecule has 6 nitrogen and oxygen atoms in total. The van der Waals surface area contributed by atoms with E-state index in [9.17, 15) is 4.79 Å². The van der Waals surface area contributed by atoms with Crippen LogP contribution in [-0.2, 0) is 24.2 Å². The predicted octanol–water partition coefficient (Wildman–Crippen LogP) is 2.04. The van der Waals surface area contributed by atoms with E-state index in [1.54, 1.807) is 16.8 Å². The van der Waals surface area contributed by atoms with Gasteiger partial charge in [-0.25, -0.2) is 4.98 Å². The van der Waals surface area contributed by atoms with Gasteiger partial charge in [0.1, 0.15) is 0 Å². The van der Waals surface area contributed by atoms with E-state index in [0.29, 0.717) is 18.1 Å². The molecule has 3 aromatic rings. The number of rotatable bonds is 6. The Bertz CT molecular complexity index is 692. The fraction of sp³-hybridized carbons (Fsp3) is 0.231. The molecule has 108 valence electrons. The monoisotopic (exact) mass is 320 g/mol. The normalized spacial score (nSPS) is 10.7. The molecule has 0 saturated heterocycles. The van der Waals surface area contributed by atoms with E-state index in [0.717, 1.165) is 10.6 Å². The maximum absolute atomic E-state index is 11.7. The molecule has 0 radical (unpaired) electrons. The van der Waals surface area contributed by atoms with Crippen molar-refractivity contribution in [3.63, 3.8) is 0 Å². The summed E-state index contributed by atoms with van der Waals surface area (Å²) in [6, 6.07) is 4.00. The highest BCUT2D eigenvalue weighted by atomic mass is 32.1. The molecule has 3 aromatic heterocycles. The van der Waals surface area contributed by atoms with Crippen LogP contribution in [0.2, 0.25) is 0 Å². The van der Waals surface area contributed by atoms with Crippen molar-refractivity contribution in [3.8, 4) is 0 Å². The standard InChI is InChI=1S/C13H12N4O2S2/c18-12(4-9-7-20-8-15-9)14-6-11-16-13(19-17-11)5-10-2-1-3-21-10/h1-3,7-8H,4-6H2,(H,14,18). The Morgan fingerprint density at radius 3 is 3.14 bits per heavy atom. The molecule has 0 fully saturated rings. The van der Waals surface area contributed by atoms with Gasteiger partial charge in [0.05, 0.1) is 30.6 Å². The van der Waals surface area contributed by atoms with Gasteiger partial charge in [-0.3, -0.25) is 4.79 Å². The number of hydrogen-bond donors (Lipinski definition) is 1. The molecule has 3 rings (SSSR count). The number of thiophene rings is 1. The molecule has 0 aliphatic rings. The minimum atomic E-state index is -0.106. The van der Waals surface area contributed by atoms with Crippen molar-refractivity contribution in [2.75, 3.05) is 0 Å². The van der Waals surface area contributed by atoms with Crippen LogP contribution in [0.1, 0.15) is 22.3 Å². The number of hydrogen-bond acceptors (Lipinski definition) is 7. The van der Waals surface area contributed by atoms with Crippen molar-refractivity contribution in [1.29, 1.82) is 0 Å². The van der Waals surface area contributed by atoms with Gasteiger partial charge in [-0.2, -0.15) is 4.98 Å². The summed E-state index contributed by atoms with van der Waals surface area (Å²) in [5.41, 5.74) is 2.47. The lowest BCUT2D eigenvalue weighted by Gasteiger charge is -1.99.